The maximum absolute atomic E-state index is 11.2. The van der Waals surface area contributed by atoms with Gasteiger partial charge in [0.1, 0.15) is 0 Å². The summed E-state index contributed by atoms with van der Waals surface area (Å²) in [5, 5.41) is 50.0. The van der Waals surface area contributed by atoms with Gasteiger partial charge in [0.25, 0.3) is 5.79 Å². The number of hydrogen-bond acceptors (Lipinski definition) is 7. The van der Waals surface area contributed by atoms with Crippen LogP contribution in [0.3, 0.4) is 0 Å². The summed E-state index contributed by atoms with van der Waals surface area (Å²) in [7, 11) is 0. The highest BCUT2D eigenvalue weighted by Crippen LogP contribution is 2.33. The normalized spacial score (nSPS) is 35.8. The summed E-state index contributed by atoms with van der Waals surface area (Å²) in [5.41, 5.74) is 0. The molecule has 0 aromatic carbocycles. The van der Waals surface area contributed by atoms with Crippen LogP contribution in [0, 0.1) is 5.92 Å². The Kier molecular flexibility index (Phi) is 5.65. The van der Waals surface area contributed by atoms with Crippen molar-refractivity contribution in [3.05, 3.63) is 0 Å². The third kappa shape index (κ3) is 3.89. The van der Waals surface area contributed by atoms with Gasteiger partial charge in [-0.3, -0.25) is 4.79 Å². The van der Waals surface area contributed by atoms with Gasteiger partial charge in [0, 0.05) is 19.3 Å². The summed E-state index contributed by atoms with van der Waals surface area (Å²) in [6.07, 6.45) is -4.39. The summed E-state index contributed by atoms with van der Waals surface area (Å²) in [6.45, 7) is 1.99. The summed E-state index contributed by atoms with van der Waals surface area (Å²) in [6, 6.07) is -1.18. The van der Waals surface area contributed by atoms with Gasteiger partial charge in [0.05, 0.1) is 31.0 Å². The molecule has 1 rings (SSSR count). The first-order valence-electron chi connectivity index (χ1n) is 6.50. The SMILES string of the molecule is CC(=O)N[C@@H](C1OC(O)(C(=O)O)CC(O)[C@H]1C)[C@H](O)CO. The van der Waals surface area contributed by atoms with Crippen molar-refractivity contribution in [2.45, 2.75) is 50.4 Å². The molecule has 1 aliphatic heterocycles. The zero-order valence-electron chi connectivity index (χ0n) is 11.8. The molecule has 3 unspecified atom stereocenters. The number of carbonyl (C=O) groups excluding carboxylic acids is 1. The van der Waals surface area contributed by atoms with E-state index < -0.39 is 61.0 Å². The molecule has 9 heteroatoms. The second-order valence-corrected chi connectivity index (χ2v) is 5.28. The Bertz CT molecular complexity index is 403. The van der Waals surface area contributed by atoms with Crippen molar-refractivity contribution >= 4 is 11.9 Å². The second kappa shape index (κ2) is 6.67. The van der Waals surface area contributed by atoms with Crippen molar-refractivity contribution in [1.29, 1.82) is 0 Å². The van der Waals surface area contributed by atoms with Crippen molar-refractivity contribution in [1.82, 2.24) is 5.32 Å². The first-order valence-corrected chi connectivity index (χ1v) is 6.50. The monoisotopic (exact) mass is 307 g/mol. The third-order valence-corrected chi connectivity index (χ3v) is 3.60. The van der Waals surface area contributed by atoms with E-state index in [1.54, 1.807) is 0 Å². The summed E-state index contributed by atoms with van der Waals surface area (Å²) in [5.74, 6) is -5.52. The van der Waals surface area contributed by atoms with E-state index in [0.717, 1.165) is 0 Å². The molecule has 0 bridgehead atoms. The van der Waals surface area contributed by atoms with Crippen molar-refractivity contribution < 1.29 is 39.9 Å². The molecule has 1 fully saturated rings. The van der Waals surface area contributed by atoms with Gasteiger partial charge < -0.3 is 35.6 Å². The average molecular weight is 307 g/mol. The lowest BCUT2D eigenvalue weighted by Crippen LogP contribution is -2.63. The molecule has 1 amide bonds. The number of rotatable bonds is 5. The van der Waals surface area contributed by atoms with Crippen molar-refractivity contribution in [2.75, 3.05) is 6.61 Å². The summed E-state index contributed by atoms with van der Waals surface area (Å²) in [4.78, 5) is 22.3. The number of nitrogens with one attached hydrogen (secondary N) is 1. The van der Waals surface area contributed by atoms with Crippen LogP contribution in [0.25, 0.3) is 0 Å². The predicted molar refractivity (Wildman–Crippen MR) is 67.9 cm³/mol. The van der Waals surface area contributed by atoms with Gasteiger partial charge in [-0.1, -0.05) is 6.92 Å². The van der Waals surface area contributed by atoms with Gasteiger partial charge >= 0.3 is 5.97 Å². The van der Waals surface area contributed by atoms with Crippen LogP contribution in [-0.4, -0.2) is 74.2 Å². The van der Waals surface area contributed by atoms with E-state index in [4.69, 9.17) is 14.9 Å². The van der Waals surface area contributed by atoms with Crippen molar-refractivity contribution in [3.8, 4) is 0 Å². The van der Waals surface area contributed by atoms with Crippen LogP contribution in [0.5, 0.6) is 0 Å². The predicted octanol–water partition coefficient (Wildman–Crippen LogP) is -2.60. The Labute approximate surface area is 121 Å². The quantitative estimate of drug-likeness (QED) is 0.323. The van der Waals surface area contributed by atoms with Crippen LogP contribution < -0.4 is 5.32 Å². The zero-order chi connectivity index (χ0) is 16.4. The molecule has 21 heavy (non-hydrogen) atoms. The van der Waals surface area contributed by atoms with E-state index in [2.05, 4.69) is 5.32 Å². The number of hydrogen-bond donors (Lipinski definition) is 6. The summed E-state index contributed by atoms with van der Waals surface area (Å²) >= 11 is 0. The topological polar surface area (TPSA) is 157 Å². The Morgan fingerprint density at radius 2 is 2.05 bits per heavy atom. The van der Waals surface area contributed by atoms with Gasteiger partial charge in [0.15, 0.2) is 0 Å². The fraction of sp³-hybridized carbons (Fsp3) is 0.833. The molecule has 1 aliphatic rings. The van der Waals surface area contributed by atoms with Crippen LogP contribution in [0.15, 0.2) is 0 Å². The maximum Gasteiger partial charge on any atom is 0.364 e. The minimum atomic E-state index is -2.62. The fourth-order valence-electron chi connectivity index (χ4n) is 2.35. The first-order chi connectivity index (χ1) is 9.62. The minimum absolute atomic E-state index is 0.540. The fourth-order valence-corrected chi connectivity index (χ4v) is 2.35. The highest BCUT2D eigenvalue weighted by atomic mass is 16.7. The van der Waals surface area contributed by atoms with E-state index in [9.17, 15) is 24.9 Å². The molecule has 6 N–H and O–H groups in total. The van der Waals surface area contributed by atoms with Gasteiger partial charge in [-0.05, 0) is 0 Å². The van der Waals surface area contributed by atoms with Crippen LogP contribution in [0.1, 0.15) is 20.3 Å². The summed E-state index contributed by atoms with van der Waals surface area (Å²) < 4.78 is 5.11. The highest BCUT2D eigenvalue weighted by Gasteiger charge is 2.52. The van der Waals surface area contributed by atoms with Crippen LogP contribution in [0.4, 0.5) is 0 Å². The lowest BCUT2D eigenvalue weighted by molar-refractivity contribution is -0.290. The zero-order valence-corrected chi connectivity index (χ0v) is 11.8. The first kappa shape index (κ1) is 17.8. The number of aliphatic hydroxyl groups excluding tert-OH is 3. The smallest absolute Gasteiger partial charge is 0.364 e. The van der Waals surface area contributed by atoms with E-state index >= 15 is 0 Å². The van der Waals surface area contributed by atoms with Crippen LogP contribution in [0.2, 0.25) is 0 Å². The molecule has 0 spiro atoms. The lowest BCUT2D eigenvalue weighted by atomic mass is 9.83. The Morgan fingerprint density at radius 3 is 2.48 bits per heavy atom. The number of carboxylic acid groups (broad SMARTS) is 1. The van der Waals surface area contributed by atoms with Gasteiger partial charge in [-0.25, -0.2) is 4.79 Å². The van der Waals surface area contributed by atoms with E-state index in [1.807, 2.05) is 0 Å². The van der Waals surface area contributed by atoms with Gasteiger partial charge in [-0.15, -0.1) is 0 Å². The van der Waals surface area contributed by atoms with E-state index in [-0.39, 0.29) is 0 Å². The lowest BCUT2D eigenvalue weighted by Gasteiger charge is -2.44. The molecule has 0 aromatic rings. The standard InChI is InChI=1S/C12H21NO8/c1-5-7(16)3-12(20,11(18)19)21-10(5)9(8(17)4-14)13-6(2)15/h5,7-10,14,16-17,20H,3-4H2,1-2H3,(H,13,15)(H,18,19)/t5-,7?,8-,9-,10?,12?/m1/s1. The maximum atomic E-state index is 11.2. The molecule has 0 aromatic heterocycles. The second-order valence-electron chi connectivity index (χ2n) is 5.28. The molecular formula is C12H21NO8. The molecule has 0 saturated carbocycles. The Hall–Kier alpha value is -1.26. The van der Waals surface area contributed by atoms with Crippen molar-refractivity contribution in [2.24, 2.45) is 5.92 Å². The number of amides is 1. The van der Waals surface area contributed by atoms with Crippen LogP contribution >= 0.6 is 0 Å². The van der Waals surface area contributed by atoms with Crippen LogP contribution in [-0.2, 0) is 14.3 Å². The number of carbonyl (C=O) groups is 2. The van der Waals surface area contributed by atoms with E-state index in [0.29, 0.717) is 0 Å². The molecular weight excluding hydrogens is 286 g/mol. The van der Waals surface area contributed by atoms with Crippen molar-refractivity contribution in [3.63, 3.8) is 0 Å². The Balaban J connectivity index is 3.08. The highest BCUT2D eigenvalue weighted by molar-refractivity contribution is 5.75. The number of ether oxygens (including phenoxy) is 1. The molecule has 122 valence electrons. The molecule has 1 heterocycles. The molecule has 0 aliphatic carbocycles. The largest absolute Gasteiger partial charge is 0.477 e. The number of aliphatic hydroxyl groups is 4. The van der Waals surface area contributed by atoms with E-state index in [1.165, 1.54) is 13.8 Å². The average Bonchev–Trinajstić information content (AvgIpc) is 2.39. The molecule has 9 nitrogen and oxygen atoms in total. The van der Waals surface area contributed by atoms with Gasteiger partial charge in [0.2, 0.25) is 5.91 Å². The third-order valence-electron chi connectivity index (χ3n) is 3.60. The molecule has 6 atom stereocenters. The molecule has 1 saturated heterocycles. The van der Waals surface area contributed by atoms with Gasteiger partial charge in [-0.2, -0.15) is 0 Å². The minimum Gasteiger partial charge on any atom is -0.477 e. The number of aliphatic carboxylic acids is 1. The Morgan fingerprint density at radius 1 is 1.48 bits per heavy atom. The number of carboxylic acids is 1. The molecule has 0 radical (unpaired) electrons.